The highest BCUT2D eigenvalue weighted by Crippen LogP contribution is 2.48. The molecule has 3 aliphatic rings. The number of carbonyl (C=O) groups excluding carboxylic acids is 1. The second kappa shape index (κ2) is 10.8. The molecule has 6 nitrogen and oxygen atoms in total. The highest BCUT2D eigenvalue weighted by atomic mass is 16.5. The van der Waals surface area contributed by atoms with Gasteiger partial charge in [0.2, 0.25) is 0 Å². The van der Waals surface area contributed by atoms with Crippen molar-refractivity contribution in [3.8, 4) is 5.75 Å². The fourth-order valence-corrected chi connectivity index (χ4v) is 6.46. The molecule has 2 aromatic carbocycles. The van der Waals surface area contributed by atoms with Gasteiger partial charge in [-0.05, 0) is 80.7 Å². The molecule has 3 fully saturated rings. The number of benzene rings is 2. The minimum atomic E-state index is -0.101. The van der Waals surface area contributed by atoms with Crippen LogP contribution < -0.4 is 10.1 Å². The summed E-state index contributed by atoms with van der Waals surface area (Å²) in [6, 6.07) is 19.1. The van der Waals surface area contributed by atoms with Crippen LogP contribution in [0.15, 0.2) is 54.6 Å². The number of aliphatic hydroxyl groups excluding tert-OH is 1. The normalized spacial score (nSPS) is 26.4. The Hall–Kier alpha value is -2.57. The molecule has 194 valence electrons. The highest BCUT2D eigenvalue weighted by Gasteiger charge is 2.54. The molecule has 5 rings (SSSR count). The standard InChI is InChI=1S/C30H41N3O3/c1-36-27-13-11-25(12-14-27)21-32-23-29(33(28(32)35)22-24-7-5-8-24)15-17-30(18-16-29,31-19-6-20-34)26-9-3-2-4-10-26/h2-4,9-14,24,31,34H,5-8,15-23H2,1H3. The van der Waals surface area contributed by atoms with Gasteiger partial charge in [-0.2, -0.15) is 0 Å². The van der Waals surface area contributed by atoms with Crippen LogP contribution in [0, 0.1) is 5.92 Å². The van der Waals surface area contributed by atoms with Gasteiger partial charge in [0.25, 0.3) is 0 Å². The summed E-state index contributed by atoms with van der Waals surface area (Å²) in [4.78, 5) is 18.2. The van der Waals surface area contributed by atoms with Crippen LogP contribution in [-0.4, -0.2) is 59.8 Å². The zero-order chi connectivity index (χ0) is 25.0. The zero-order valence-corrected chi connectivity index (χ0v) is 21.6. The van der Waals surface area contributed by atoms with Crippen LogP contribution in [0.4, 0.5) is 4.79 Å². The van der Waals surface area contributed by atoms with Gasteiger partial charge < -0.3 is 25.0 Å². The summed E-state index contributed by atoms with van der Waals surface area (Å²) >= 11 is 0. The number of nitrogens with one attached hydrogen (secondary N) is 1. The Bertz CT molecular complexity index is 998. The van der Waals surface area contributed by atoms with Gasteiger partial charge in [0.05, 0.1) is 12.6 Å². The van der Waals surface area contributed by atoms with Crippen molar-refractivity contribution in [1.82, 2.24) is 15.1 Å². The summed E-state index contributed by atoms with van der Waals surface area (Å²) in [7, 11) is 1.68. The van der Waals surface area contributed by atoms with Crippen LogP contribution in [0.25, 0.3) is 0 Å². The lowest BCUT2D eigenvalue weighted by molar-refractivity contribution is 0.0556. The summed E-state index contributed by atoms with van der Waals surface area (Å²) in [5.74, 6) is 1.49. The molecule has 0 atom stereocenters. The molecule has 0 aromatic heterocycles. The van der Waals surface area contributed by atoms with E-state index in [9.17, 15) is 9.90 Å². The van der Waals surface area contributed by atoms with Crippen molar-refractivity contribution in [3.63, 3.8) is 0 Å². The van der Waals surface area contributed by atoms with Gasteiger partial charge in [0.1, 0.15) is 5.75 Å². The number of ether oxygens (including phenoxy) is 1. The summed E-state index contributed by atoms with van der Waals surface area (Å²) < 4.78 is 5.31. The van der Waals surface area contributed by atoms with E-state index in [0.717, 1.165) is 63.1 Å². The first kappa shape index (κ1) is 25.1. The molecule has 0 radical (unpaired) electrons. The summed E-state index contributed by atoms with van der Waals surface area (Å²) in [5.41, 5.74) is 2.26. The smallest absolute Gasteiger partial charge is 0.320 e. The van der Waals surface area contributed by atoms with Gasteiger partial charge in [0, 0.05) is 31.8 Å². The van der Waals surface area contributed by atoms with Gasteiger partial charge in [-0.3, -0.25) is 0 Å². The number of amides is 2. The van der Waals surface area contributed by atoms with Gasteiger partial charge in [0.15, 0.2) is 0 Å². The quantitative estimate of drug-likeness (QED) is 0.464. The number of hydrogen-bond donors (Lipinski definition) is 2. The average molecular weight is 492 g/mol. The first-order valence-electron chi connectivity index (χ1n) is 13.7. The second-order valence-corrected chi connectivity index (χ2v) is 11.1. The van der Waals surface area contributed by atoms with Crippen molar-refractivity contribution in [1.29, 1.82) is 0 Å². The number of nitrogens with zero attached hydrogens (tertiary/aromatic N) is 2. The first-order valence-corrected chi connectivity index (χ1v) is 13.7. The zero-order valence-electron chi connectivity index (χ0n) is 21.6. The van der Waals surface area contributed by atoms with Gasteiger partial charge in [-0.25, -0.2) is 4.79 Å². The topological polar surface area (TPSA) is 65.0 Å². The molecule has 2 amide bonds. The average Bonchev–Trinajstić information content (AvgIpc) is 3.14. The Morgan fingerprint density at radius 3 is 2.36 bits per heavy atom. The van der Waals surface area contributed by atoms with Crippen molar-refractivity contribution in [2.45, 2.75) is 69.0 Å². The molecule has 2 aromatic rings. The van der Waals surface area contributed by atoms with E-state index in [-0.39, 0.29) is 23.7 Å². The molecular weight excluding hydrogens is 450 g/mol. The molecule has 2 saturated carbocycles. The van der Waals surface area contributed by atoms with Crippen molar-refractivity contribution in [2.24, 2.45) is 5.92 Å². The van der Waals surface area contributed by atoms with Gasteiger partial charge >= 0.3 is 6.03 Å². The summed E-state index contributed by atoms with van der Waals surface area (Å²) in [6.45, 7) is 3.34. The number of rotatable bonds is 10. The third-order valence-electron chi connectivity index (χ3n) is 8.92. The third-order valence-corrected chi connectivity index (χ3v) is 8.92. The third kappa shape index (κ3) is 4.98. The van der Waals surface area contributed by atoms with E-state index >= 15 is 0 Å². The number of hydrogen-bond acceptors (Lipinski definition) is 4. The summed E-state index contributed by atoms with van der Waals surface area (Å²) in [5, 5.41) is 13.2. The highest BCUT2D eigenvalue weighted by molar-refractivity contribution is 5.78. The fraction of sp³-hybridized carbons (Fsp3) is 0.567. The van der Waals surface area contributed by atoms with Crippen LogP contribution in [-0.2, 0) is 12.1 Å². The maximum atomic E-state index is 13.8. The lowest BCUT2D eigenvalue weighted by Gasteiger charge is -2.49. The number of methoxy groups -OCH3 is 1. The molecule has 1 saturated heterocycles. The molecule has 6 heteroatoms. The Labute approximate surface area is 215 Å². The lowest BCUT2D eigenvalue weighted by Crippen LogP contribution is -2.57. The molecule has 2 aliphatic carbocycles. The van der Waals surface area contributed by atoms with E-state index < -0.39 is 0 Å². The predicted molar refractivity (Wildman–Crippen MR) is 142 cm³/mol. The predicted octanol–water partition coefficient (Wildman–Crippen LogP) is 4.91. The van der Waals surface area contributed by atoms with E-state index in [1.807, 2.05) is 12.1 Å². The monoisotopic (exact) mass is 491 g/mol. The van der Waals surface area contributed by atoms with E-state index in [4.69, 9.17) is 4.74 Å². The number of carbonyl (C=O) groups is 1. The molecule has 1 heterocycles. The number of aliphatic hydroxyl groups is 1. The molecule has 0 unspecified atom stereocenters. The first-order chi connectivity index (χ1) is 17.6. The Balaban J connectivity index is 1.36. The Kier molecular flexibility index (Phi) is 7.54. The van der Waals surface area contributed by atoms with Crippen molar-refractivity contribution < 1.29 is 14.6 Å². The molecule has 0 bridgehead atoms. The van der Waals surface area contributed by atoms with Crippen LogP contribution in [0.2, 0.25) is 0 Å². The van der Waals surface area contributed by atoms with E-state index in [1.165, 1.54) is 24.8 Å². The molecular formula is C30H41N3O3. The molecule has 1 spiro atoms. The van der Waals surface area contributed by atoms with Crippen LogP contribution in [0.1, 0.15) is 62.5 Å². The van der Waals surface area contributed by atoms with Gasteiger partial charge in [-0.15, -0.1) is 0 Å². The SMILES string of the molecule is COc1ccc(CN2CC3(CCC(NCCCO)(c4ccccc4)CC3)N(CC3CCC3)C2=O)cc1. The van der Waals surface area contributed by atoms with Crippen LogP contribution in [0.3, 0.4) is 0 Å². The largest absolute Gasteiger partial charge is 0.497 e. The van der Waals surface area contributed by atoms with Crippen molar-refractivity contribution in [3.05, 3.63) is 65.7 Å². The molecule has 1 aliphatic heterocycles. The fourth-order valence-electron chi connectivity index (χ4n) is 6.46. The van der Waals surface area contributed by atoms with Crippen molar-refractivity contribution >= 4 is 6.03 Å². The minimum Gasteiger partial charge on any atom is -0.497 e. The van der Waals surface area contributed by atoms with Crippen LogP contribution in [0.5, 0.6) is 5.75 Å². The maximum absolute atomic E-state index is 13.8. The molecule has 36 heavy (non-hydrogen) atoms. The minimum absolute atomic E-state index is 0.101. The maximum Gasteiger partial charge on any atom is 0.320 e. The molecule has 2 N–H and O–H groups in total. The second-order valence-electron chi connectivity index (χ2n) is 11.1. The summed E-state index contributed by atoms with van der Waals surface area (Å²) in [6.07, 6.45) is 8.50. The Morgan fingerprint density at radius 2 is 1.75 bits per heavy atom. The van der Waals surface area contributed by atoms with E-state index in [0.29, 0.717) is 12.5 Å². The van der Waals surface area contributed by atoms with Crippen molar-refractivity contribution in [2.75, 3.05) is 33.4 Å². The van der Waals surface area contributed by atoms with E-state index in [2.05, 4.69) is 57.6 Å². The number of urea groups is 1. The Morgan fingerprint density at radius 1 is 1.03 bits per heavy atom. The lowest BCUT2D eigenvalue weighted by atomic mass is 9.68. The van der Waals surface area contributed by atoms with E-state index in [1.54, 1.807) is 7.11 Å². The van der Waals surface area contributed by atoms with Crippen LogP contribution >= 0.6 is 0 Å². The van der Waals surface area contributed by atoms with Gasteiger partial charge in [-0.1, -0.05) is 48.9 Å².